The summed E-state index contributed by atoms with van der Waals surface area (Å²) < 4.78 is 1.19. The van der Waals surface area contributed by atoms with Gasteiger partial charge in [0, 0.05) is 0 Å². The van der Waals surface area contributed by atoms with E-state index < -0.39 is 11.7 Å². The molecular weight excluding hydrogens is 186 g/mol. The summed E-state index contributed by atoms with van der Waals surface area (Å²) in [7, 11) is 0. The smallest absolute Gasteiger partial charge is 0.358 e. The largest absolute Gasteiger partial charge is 0.476 e. The minimum absolute atomic E-state index is 0.162. The normalized spacial score (nSPS) is 11.6. The summed E-state index contributed by atoms with van der Waals surface area (Å²) in [5, 5.41) is 25.6. The molecule has 6 heteroatoms. The van der Waals surface area contributed by atoms with E-state index in [4.69, 9.17) is 5.11 Å². The number of aromatic nitrogens is 3. The van der Waals surface area contributed by atoms with Crippen LogP contribution in [0.1, 0.15) is 37.2 Å². The highest BCUT2D eigenvalue weighted by Gasteiger charge is 2.26. The molecule has 0 saturated carbocycles. The van der Waals surface area contributed by atoms with Crippen molar-refractivity contribution >= 4 is 5.97 Å². The number of aliphatic hydroxyl groups is 1. The number of rotatable bonds is 4. The van der Waals surface area contributed by atoms with Crippen LogP contribution in [0.2, 0.25) is 0 Å². The van der Waals surface area contributed by atoms with Crippen LogP contribution in [-0.2, 0) is 5.72 Å². The first-order valence-electron chi connectivity index (χ1n) is 4.42. The molecule has 1 aromatic rings. The summed E-state index contributed by atoms with van der Waals surface area (Å²) in [5.74, 6) is -1.15. The van der Waals surface area contributed by atoms with E-state index in [0.29, 0.717) is 12.8 Å². The predicted molar refractivity (Wildman–Crippen MR) is 47.8 cm³/mol. The van der Waals surface area contributed by atoms with E-state index in [1.165, 1.54) is 10.9 Å². The highest BCUT2D eigenvalue weighted by atomic mass is 16.4. The van der Waals surface area contributed by atoms with Crippen molar-refractivity contribution in [2.75, 3.05) is 0 Å². The predicted octanol–water partition coefficient (Wildman–Crippen LogP) is 0.441. The van der Waals surface area contributed by atoms with Crippen LogP contribution < -0.4 is 0 Å². The molecule has 1 heterocycles. The molecule has 0 amide bonds. The number of hydrogen-bond donors (Lipinski definition) is 2. The van der Waals surface area contributed by atoms with Gasteiger partial charge >= 0.3 is 5.97 Å². The summed E-state index contributed by atoms with van der Waals surface area (Å²) in [5.41, 5.74) is -1.30. The molecule has 78 valence electrons. The van der Waals surface area contributed by atoms with E-state index in [1.54, 1.807) is 13.8 Å². The zero-order chi connectivity index (χ0) is 10.8. The second-order valence-electron chi connectivity index (χ2n) is 3.04. The zero-order valence-corrected chi connectivity index (χ0v) is 8.14. The van der Waals surface area contributed by atoms with E-state index in [1.807, 2.05) is 0 Å². The molecule has 6 nitrogen and oxygen atoms in total. The average Bonchev–Trinajstić information content (AvgIpc) is 2.66. The molecule has 0 aliphatic heterocycles. The lowest BCUT2D eigenvalue weighted by atomic mass is 10.1. The number of carboxylic acids is 1. The Morgan fingerprint density at radius 1 is 1.57 bits per heavy atom. The van der Waals surface area contributed by atoms with Gasteiger partial charge in [-0.2, -0.15) is 0 Å². The first-order valence-corrected chi connectivity index (χ1v) is 4.42. The maximum atomic E-state index is 10.5. The Hall–Kier alpha value is -1.43. The van der Waals surface area contributed by atoms with Crippen molar-refractivity contribution in [3.8, 4) is 0 Å². The van der Waals surface area contributed by atoms with E-state index in [9.17, 15) is 9.90 Å². The van der Waals surface area contributed by atoms with E-state index in [-0.39, 0.29) is 5.69 Å². The molecule has 2 N–H and O–H groups in total. The highest BCUT2D eigenvalue weighted by Crippen LogP contribution is 2.19. The van der Waals surface area contributed by atoms with Gasteiger partial charge in [-0.25, -0.2) is 9.48 Å². The maximum absolute atomic E-state index is 10.5. The van der Waals surface area contributed by atoms with Crippen LogP contribution in [-0.4, -0.2) is 31.2 Å². The summed E-state index contributed by atoms with van der Waals surface area (Å²) in [6, 6.07) is 0. The van der Waals surface area contributed by atoms with Crippen molar-refractivity contribution < 1.29 is 15.0 Å². The Morgan fingerprint density at radius 2 is 2.14 bits per heavy atom. The van der Waals surface area contributed by atoms with E-state index in [2.05, 4.69) is 10.3 Å². The lowest BCUT2D eigenvalue weighted by Gasteiger charge is -2.24. The number of carboxylic acid groups (broad SMARTS) is 1. The van der Waals surface area contributed by atoms with Crippen LogP contribution in [0.25, 0.3) is 0 Å². The minimum atomic E-state index is -1.15. The minimum Gasteiger partial charge on any atom is -0.476 e. The molecule has 0 radical (unpaired) electrons. The number of nitrogens with zero attached hydrogens (tertiary/aromatic N) is 3. The van der Waals surface area contributed by atoms with Crippen LogP contribution >= 0.6 is 0 Å². The van der Waals surface area contributed by atoms with Gasteiger partial charge < -0.3 is 10.2 Å². The Bertz CT molecular complexity index is 330. The summed E-state index contributed by atoms with van der Waals surface area (Å²) in [6.45, 7) is 3.59. The second kappa shape index (κ2) is 3.75. The molecule has 0 atom stereocenters. The molecule has 1 aromatic heterocycles. The molecular formula is C8H13N3O3. The van der Waals surface area contributed by atoms with Gasteiger partial charge in [-0.15, -0.1) is 5.10 Å². The van der Waals surface area contributed by atoms with Crippen LogP contribution in [0.5, 0.6) is 0 Å². The number of hydrogen-bond acceptors (Lipinski definition) is 4. The Kier molecular flexibility index (Phi) is 2.85. The van der Waals surface area contributed by atoms with Gasteiger partial charge in [0.15, 0.2) is 11.4 Å². The maximum Gasteiger partial charge on any atom is 0.358 e. The van der Waals surface area contributed by atoms with Gasteiger partial charge in [0.25, 0.3) is 0 Å². The molecule has 0 spiro atoms. The molecule has 0 aromatic carbocycles. The monoisotopic (exact) mass is 199 g/mol. The fourth-order valence-corrected chi connectivity index (χ4v) is 1.14. The average molecular weight is 199 g/mol. The lowest BCUT2D eigenvalue weighted by molar-refractivity contribution is -0.0574. The van der Waals surface area contributed by atoms with Gasteiger partial charge in [0.2, 0.25) is 0 Å². The standard InChI is InChI=1S/C8H13N3O3/c1-3-8(14,4-2)11-5-6(7(12)13)9-10-11/h5,14H,3-4H2,1-2H3,(H,12,13). The van der Waals surface area contributed by atoms with Crippen LogP contribution in [0.15, 0.2) is 6.20 Å². The van der Waals surface area contributed by atoms with Gasteiger partial charge in [0.1, 0.15) is 0 Å². The van der Waals surface area contributed by atoms with E-state index >= 15 is 0 Å². The highest BCUT2D eigenvalue weighted by molar-refractivity contribution is 5.84. The van der Waals surface area contributed by atoms with Gasteiger partial charge in [-0.05, 0) is 12.8 Å². The fourth-order valence-electron chi connectivity index (χ4n) is 1.14. The molecule has 1 rings (SSSR count). The molecule has 0 unspecified atom stereocenters. The second-order valence-corrected chi connectivity index (χ2v) is 3.04. The first-order chi connectivity index (χ1) is 6.53. The van der Waals surface area contributed by atoms with Crippen molar-refractivity contribution in [2.45, 2.75) is 32.4 Å². The van der Waals surface area contributed by atoms with Crippen molar-refractivity contribution in [2.24, 2.45) is 0 Å². The third kappa shape index (κ3) is 1.74. The number of carbonyl (C=O) groups is 1. The molecule has 0 bridgehead atoms. The quantitative estimate of drug-likeness (QED) is 0.734. The van der Waals surface area contributed by atoms with Crippen molar-refractivity contribution in [1.82, 2.24) is 15.0 Å². The van der Waals surface area contributed by atoms with Gasteiger partial charge in [-0.1, -0.05) is 19.1 Å². The lowest BCUT2D eigenvalue weighted by Crippen LogP contribution is -2.32. The Balaban J connectivity index is 3.01. The van der Waals surface area contributed by atoms with E-state index in [0.717, 1.165) is 0 Å². The molecule has 14 heavy (non-hydrogen) atoms. The SMILES string of the molecule is CCC(O)(CC)n1cc(C(=O)O)nn1. The topological polar surface area (TPSA) is 88.2 Å². The van der Waals surface area contributed by atoms with Gasteiger partial charge in [0.05, 0.1) is 6.20 Å². The third-order valence-electron chi connectivity index (χ3n) is 2.27. The van der Waals surface area contributed by atoms with Crippen LogP contribution in [0, 0.1) is 0 Å². The first kappa shape index (κ1) is 10.6. The van der Waals surface area contributed by atoms with Gasteiger partial charge in [-0.3, -0.25) is 0 Å². The van der Waals surface area contributed by atoms with Crippen molar-refractivity contribution in [1.29, 1.82) is 0 Å². The van der Waals surface area contributed by atoms with Crippen molar-refractivity contribution in [3.05, 3.63) is 11.9 Å². The summed E-state index contributed by atoms with van der Waals surface area (Å²) >= 11 is 0. The number of aromatic carboxylic acids is 1. The molecule has 0 aliphatic rings. The zero-order valence-electron chi connectivity index (χ0n) is 8.14. The molecule has 0 saturated heterocycles. The summed E-state index contributed by atoms with van der Waals surface area (Å²) in [6.07, 6.45) is 2.13. The Labute approximate surface area is 81.2 Å². The molecule has 0 fully saturated rings. The molecule has 0 aliphatic carbocycles. The Morgan fingerprint density at radius 3 is 2.50 bits per heavy atom. The van der Waals surface area contributed by atoms with Crippen LogP contribution in [0.4, 0.5) is 0 Å². The third-order valence-corrected chi connectivity index (χ3v) is 2.27. The fraction of sp³-hybridized carbons (Fsp3) is 0.625. The summed E-state index contributed by atoms with van der Waals surface area (Å²) in [4.78, 5) is 10.5. The van der Waals surface area contributed by atoms with Crippen molar-refractivity contribution in [3.63, 3.8) is 0 Å². The van der Waals surface area contributed by atoms with Crippen LogP contribution in [0.3, 0.4) is 0 Å².